The van der Waals surface area contributed by atoms with Gasteiger partial charge in [-0.15, -0.1) is 0 Å². The molecule has 0 bridgehead atoms. The molecule has 0 aromatic heterocycles. The van der Waals surface area contributed by atoms with Gasteiger partial charge in [0.2, 0.25) is 0 Å². The smallest absolute Gasteiger partial charge is 0.269 e. The van der Waals surface area contributed by atoms with Crippen molar-refractivity contribution in [1.29, 1.82) is 0 Å². The third-order valence-corrected chi connectivity index (χ3v) is 4.51. The molecule has 0 spiro atoms. The molecule has 19 heavy (non-hydrogen) atoms. The Labute approximate surface area is 113 Å². The van der Waals surface area contributed by atoms with Crippen molar-refractivity contribution in [2.45, 2.75) is 57.5 Å². The van der Waals surface area contributed by atoms with Gasteiger partial charge in [0.25, 0.3) is 5.69 Å². The highest BCUT2D eigenvalue weighted by Crippen LogP contribution is 2.39. The van der Waals surface area contributed by atoms with Crippen molar-refractivity contribution >= 4 is 11.4 Å². The molecule has 1 saturated carbocycles. The maximum atomic E-state index is 10.9. The molecule has 1 aliphatic heterocycles. The number of nitrogens with zero attached hydrogens (tertiary/aromatic N) is 2. The Bertz CT molecular complexity index is 495. The third-order valence-electron chi connectivity index (χ3n) is 4.51. The first-order valence-corrected chi connectivity index (χ1v) is 7.22. The summed E-state index contributed by atoms with van der Waals surface area (Å²) in [6.45, 7) is 2.24. The molecule has 1 aromatic carbocycles. The van der Waals surface area contributed by atoms with Crippen molar-refractivity contribution in [2.24, 2.45) is 0 Å². The third kappa shape index (κ3) is 2.20. The Balaban J connectivity index is 1.91. The van der Waals surface area contributed by atoms with E-state index in [4.69, 9.17) is 0 Å². The van der Waals surface area contributed by atoms with Crippen molar-refractivity contribution in [3.05, 3.63) is 33.9 Å². The van der Waals surface area contributed by atoms with Gasteiger partial charge in [-0.25, -0.2) is 0 Å². The van der Waals surface area contributed by atoms with E-state index in [-0.39, 0.29) is 10.6 Å². The lowest BCUT2D eigenvalue weighted by molar-refractivity contribution is -0.384. The number of nitro benzene ring substituents is 1. The van der Waals surface area contributed by atoms with Gasteiger partial charge in [0.15, 0.2) is 0 Å². The molecule has 1 aliphatic carbocycles. The van der Waals surface area contributed by atoms with Crippen molar-refractivity contribution < 1.29 is 4.92 Å². The van der Waals surface area contributed by atoms with E-state index in [1.54, 1.807) is 12.1 Å². The lowest BCUT2D eigenvalue weighted by Crippen LogP contribution is -2.40. The van der Waals surface area contributed by atoms with E-state index in [1.807, 2.05) is 6.07 Å². The van der Waals surface area contributed by atoms with Crippen LogP contribution >= 0.6 is 0 Å². The average Bonchev–Trinajstić information content (AvgIpc) is 2.74. The molecular weight excluding hydrogens is 240 g/mol. The minimum atomic E-state index is -0.297. The summed E-state index contributed by atoms with van der Waals surface area (Å²) in [7, 11) is 0. The van der Waals surface area contributed by atoms with Gasteiger partial charge in [-0.1, -0.05) is 19.3 Å². The van der Waals surface area contributed by atoms with Crippen molar-refractivity contribution in [2.75, 3.05) is 4.90 Å². The molecule has 2 aliphatic rings. The van der Waals surface area contributed by atoms with Gasteiger partial charge in [0.05, 0.1) is 4.92 Å². The Morgan fingerprint density at radius 2 is 2.00 bits per heavy atom. The Kier molecular flexibility index (Phi) is 3.17. The molecule has 1 heterocycles. The van der Waals surface area contributed by atoms with Gasteiger partial charge in [-0.2, -0.15) is 0 Å². The van der Waals surface area contributed by atoms with E-state index >= 15 is 0 Å². The predicted octanol–water partition coefficient (Wildman–Crippen LogP) is 3.68. The second kappa shape index (κ2) is 4.83. The molecule has 4 nitrogen and oxygen atoms in total. The second-order valence-electron chi connectivity index (χ2n) is 5.82. The number of benzene rings is 1. The van der Waals surface area contributed by atoms with Crippen LogP contribution in [-0.2, 0) is 6.42 Å². The van der Waals surface area contributed by atoms with Crippen molar-refractivity contribution in [1.82, 2.24) is 0 Å². The van der Waals surface area contributed by atoms with Crippen LogP contribution < -0.4 is 4.90 Å². The highest BCUT2D eigenvalue weighted by molar-refractivity contribution is 5.63. The van der Waals surface area contributed by atoms with Crippen LogP contribution in [0.4, 0.5) is 11.4 Å². The largest absolute Gasteiger partial charge is 0.365 e. The van der Waals surface area contributed by atoms with E-state index in [9.17, 15) is 10.1 Å². The van der Waals surface area contributed by atoms with Crippen LogP contribution in [0.5, 0.6) is 0 Å². The number of fused-ring (bicyclic) bond motifs is 1. The van der Waals surface area contributed by atoms with Gasteiger partial charge >= 0.3 is 0 Å². The first-order chi connectivity index (χ1) is 9.16. The fourth-order valence-electron chi connectivity index (χ4n) is 3.67. The average molecular weight is 260 g/mol. The zero-order valence-corrected chi connectivity index (χ0v) is 11.3. The minimum absolute atomic E-state index is 0.219. The van der Waals surface area contributed by atoms with Crippen LogP contribution in [0.15, 0.2) is 18.2 Å². The zero-order chi connectivity index (χ0) is 13.4. The predicted molar refractivity (Wildman–Crippen MR) is 75.6 cm³/mol. The molecule has 102 valence electrons. The summed E-state index contributed by atoms with van der Waals surface area (Å²) < 4.78 is 0. The second-order valence-corrected chi connectivity index (χ2v) is 5.82. The summed E-state index contributed by atoms with van der Waals surface area (Å²) in [6, 6.07) is 6.46. The number of anilines is 1. The molecule has 1 atom stereocenters. The highest BCUT2D eigenvalue weighted by atomic mass is 16.6. The molecular formula is C15H20N2O2. The van der Waals surface area contributed by atoms with Crippen LogP contribution in [0.2, 0.25) is 0 Å². The van der Waals surface area contributed by atoms with Crippen LogP contribution in [-0.4, -0.2) is 17.0 Å². The van der Waals surface area contributed by atoms with Crippen molar-refractivity contribution in [3.8, 4) is 0 Å². The molecule has 1 fully saturated rings. The molecule has 1 unspecified atom stereocenters. The van der Waals surface area contributed by atoms with E-state index in [0.717, 1.165) is 12.0 Å². The lowest BCUT2D eigenvalue weighted by atomic mass is 9.93. The zero-order valence-electron chi connectivity index (χ0n) is 11.3. The topological polar surface area (TPSA) is 46.4 Å². The normalized spacial score (nSPS) is 23.4. The number of rotatable bonds is 2. The highest BCUT2D eigenvalue weighted by Gasteiger charge is 2.33. The van der Waals surface area contributed by atoms with Crippen LogP contribution in [0, 0.1) is 10.1 Å². The minimum Gasteiger partial charge on any atom is -0.365 e. The summed E-state index contributed by atoms with van der Waals surface area (Å²) in [5.74, 6) is 0. The van der Waals surface area contributed by atoms with Gasteiger partial charge < -0.3 is 4.90 Å². The summed E-state index contributed by atoms with van der Waals surface area (Å²) in [5, 5.41) is 10.9. The molecule has 3 rings (SSSR count). The number of nitro groups is 1. The van der Waals surface area contributed by atoms with Gasteiger partial charge in [-0.3, -0.25) is 10.1 Å². The van der Waals surface area contributed by atoms with Gasteiger partial charge in [-0.05, 0) is 37.8 Å². The number of non-ortho nitro benzene ring substituents is 1. The monoisotopic (exact) mass is 260 g/mol. The summed E-state index contributed by atoms with van der Waals surface area (Å²) >= 11 is 0. The molecule has 0 radical (unpaired) electrons. The van der Waals surface area contributed by atoms with E-state index in [0.29, 0.717) is 12.1 Å². The van der Waals surface area contributed by atoms with Gasteiger partial charge in [0, 0.05) is 29.9 Å². The fourth-order valence-corrected chi connectivity index (χ4v) is 3.67. The van der Waals surface area contributed by atoms with Crippen molar-refractivity contribution in [3.63, 3.8) is 0 Å². The molecule has 0 N–H and O–H groups in total. The van der Waals surface area contributed by atoms with E-state index in [2.05, 4.69) is 11.8 Å². The standard InChI is InChI=1S/C15H20N2O2/c1-11-9-12-10-14(17(18)19)7-8-15(12)16(11)13-5-3-2-4-6-13/h7-8,10-11,13H,2-6,9H2,1H3. The molecule has 0 saturated heterocycles. The number of hydrogen-bond donors (Lipinski definition) is 0. The molecule has 1 aromatic rings. The van der Waals surface area contributed by atoms with Crippen LogP contribution in [0.3, 0.4) is 0 Å². The first kappa shape index (κ1) is 12.5. The van der Waals surface area contributed by atoms with Crippen LogP contribution in [0.25, 0.3) is 0 Å². The summed E-state index contributed by atoms with van der Waals surface area (Å²) in [5.41, 5.74) is 2.59. The SMILES string of the molecule is CC1Cc2cc([N+](=O)[O-])ccc2N1C1CCCCC1. The lowest BCUT2D eigenvalue weighted by Gasteiger charge is -2.36. The van der Waals surface area contributed by atoms with Crippen LogP contribution in [0.1, 0.15) is 44.6 Å². The Morgan fingerprint density at radius 3 is 2.68 bits per heavy atom. The van der Waals surface area contributed by atoms with E-state index in [1.165, 1.54) is 37.8 Å². The maximum absolute atomic E-state index is 10.9. The maximum Gasteiger partial charge on any atom is 0.269 e. The molecule has 0 amide bonds. The fraction of sp³-hybridized carbons (Fsp3) is 0.600. The summed E-state index contributed by atoms with van der Waals surface area (Å²) in [6.07, 6.45) is 7.45. The number of hydrogen-bond acceptors (Lipinski definition) is 3. The van der Waals surface area contributed by atoms with E-state index < -0.39 is 0 Å². The van der Waals surface area contributed by atoms with Gasteiger partial charge in [0.1, 0.15) is 0 Å². The first-order valence-electron chi connectivity index (χ1n) is 7.22. The summed E-state index contributed by atoms with van der Waals surface area (Å²) in [4.78, 5) is 13.1. The Morgan fingerprint density at radius 1 is 1.26 bits per heavy atom. The molecule has 4 heteroatoms. The Hall–Kier alpha value is -1.58. The quantitative estimate of drug-likeness (QED) is 0.602.